The fourth-order valence-electron chi connectivity index (χ4n) is 1.87. The van der Waals surface area contributed by atoms with Crippen molar-refractivity contribution < 1.29 is 9.53 Å². The zero-order chi connectivity index (χ0) is 15.4. The van der Waals surface area contributed by atoms with E-state index in [0.29, 0.717) is 28.7 Å². The average Bonchev–Trinajstić information content (AvgIpc) is 2.86. The molecule has 0 fully saturated rings. The van der Waals surface area contributed by atoms with Crippen LogP contribution in [0.2, 0.25) is 0 Å². The number of carbonyl (C=O) groups is 1. The summed E-state index contributed by atoms with van der Waals surface area (Å²) in [5.74, 6) is 0.875. The molecule has 23 heavy (non-hydrogen) atoms. The summed E-state index contributed by atoms with van der Waals surface area (Å²) < 4.78 is 5.08. The summed E-state index contributed by atoms with van der Waals surface area (Å²) in [5.41, 5.74) is 7.35. The van der Waals surface area contributed by atoms with Crippen LogP contribution in [-0.4, -0.2) is 18.0 Å². The maximum absolute atomic E-state index is 12.1. The first kappa shape index (κ1) is 21.5. The topological polar surface area (TPSA) is 77.2 Å². The zero-order valence-corrected chi connectivity index (χ0v) is 15.6. The third-order valence-corrected chi connectivity index (χ3v) is 3.73. The van der Waals surface area contributed by atoms with Crippen molar-refractivity contribution in [2.24, 2.45) is 5.92 Å². The standard InChI is InChI=1S/C15H19N3O2S.2ClH/c1-9(2)6-14-18-12(8-21-14)15(19)17-10-4-5-13(20-3)11(16)7-10;;/h4-5,7-9H,6,16H2,1-3H3,(H,17,19);2*1H. The molecule has 3 N–H and O–H groups in total. The molecule has 1 aromatic carbocycles. The number of anilines is 2. The lowest BCUT2D eigenvalue weighted by molar-refractivity contribution is 0.102. The number of nitrogen functional groups attached to an aromatic ring is 1. The van der Waals surface area contributed by atoms with Gasteiger partial charge in [0.1, 0.15) is 11.4 Å². The van der Waals surface area contributed by atoms with Crippen molar-refractivity contribution >= 4 is 53.4 Å². The number of halogens is 2. The highest BCUT2D eigenvalue weighted by atomic mass is 35.5. The fourth-order valence-corrected chi connectivity index (χ4v) is 2.85. The van der Waals surface area contributed by atoms with Gasteiger partial charge in [0, 0.05) is 17.5 Å². The first-order valence-corrected chi connectivity index (χ1v) is 7.57. The van der Waals surface area contributed by atoms with Gasteiger partial charge in [0.15, 0.2) is 0 Å². The molecule has 8 heteroatoms. The Bertz CT molecular complexity index is 647. The molecule has 1 heterocycles. The minimum absolute atomic E-state index is 0. The number of carbonyl (C=O) groups excluding carboxylic acids is 1. The van der Waals surface area contributed by atoms with E-state index in [9.17, 15) is 4.79 Å². The summed E-state index contributed by atoms with van der Waals surface area (Å²) in [6.45, 7) is 4.25. The van der Waals surface area contributed by atoms with Gasteiger partial charge in [0.05, 0.1) is 17.8 Å². The van der Waals surface area contributed by atoms with E-state index >= 15 is 0 Å². The third-order valence-electron chi connectivity index (χ3n) is 2.85. The van der Waals surface area contributed by atoms with Crippen LogP contribution in [-0.2, 0) is 6.42 Å². The predicted molar refractivity (Wildman–Crippen MR) is 101 cm³/mol. The molecule has 0 bridgehead atoms. The van der Waals surface area contributed by atoms with Gasteiger partial charge in [-0.05, 0) is 24.1 Å². The minimum Gasteiger partial charge on any atom is -0.495 e. The maximum atomic E-state index is 12.1. The van der Waals surface area contributed by atoms with E-state index in [1.54, 1.807) is 30.7 Å². The third kappa shape index (κ3) is 5.89. The largest absolute Gasteiger partial charge is 0.495 e. The lowest BCUT2D eigenvalue weighted by atomic mass is 10.1. The second-order valence-corrected chi connectivity index (χ2v) is 6.08. The van der Waals surface area contributed by atoms with Crippen LogP contribution in [0, 0.1) is 5.92 Å². The summed E-state index contributed by atoms with van der Waals surface area (Å²) in [6, 6.07) is 5.13. The molecule has 0 aliphatic heterocycles. The molecular weight excluding hydrogens is 357 g/mol. The molecular formula is C15H21Cl2N3O2S. The number of methoxy groups -OCH3 is 1. The van der Waals surface area contributed by atoms with Gasteiger partial charge < -0.3 is 15.8 Å². The van der Waals surface area contributed by atoms with Crippen LogP contribution in [0.15, 0.2) is 23.6 Å². The molecule has 128 valence electrons. The van der Waals surface area contributed by atoms with Crippen LogP contribution < -0.4 is 15.8 Å². The molecule has 0 atom stereocenters. The molecule has 5 nitrogen and oxygen atoms in total. The van der Waals surface area contributed by atoms with Crippen LogP contribution in [0.5, 0.6) is 5.75 Å². The Hall–Kier alpha value is -1.50. The molecule has 0 saturated carbocycles. The minimum atomic E-state index is -0.231. The van der Waals surface area contributed by atoms with Gasteiger partial charge >= 0.3 is 0 Å². The Morgan fingerprint density at radius 3 is 2.65 bits per heavy atom. The van der Waals surface area contributed by atoms with Crippen molar-refractivity contribution in [3.05, 3.63) is 34.3 Å². The van der Waals surface area contributed by atoms with Gasteiger partial charge in [-0.25, -0.2) is 4.98 Å². The number of hydrogen-bond acceptors (Lipinski definition) is 5. The summed E-state index contributed by atoms with van der Waals surface area (Å²) in [7, 11) is 1.55. The lowest BCUT2D eigenvalue weighted by Crippen LogP contribution is -2.12. The second kappa shape index (κ2) is 9.60. The van der Waals surface area contributed by atoms with E-state index in [1.165, 1.54) is 11.3 Å². The van der Waals surface area contributed by atoms with Crippen molar-refractivity contribution in [2.45, 2.75) is 20.3 Å². The summed E-state index contributed by atoms with van der Waals surface area (Å²) >= 11 is 1.51. The van der Waals surface area contributed by atoms with Crippen molar-refractivity contribution in [2.75, 3.05) is 18.2 Å². The number of aromatic nitrogens is 1. The quantitative estimate of drug-likeness (QED) is 0.771. The van der Waals surface area contributed by atoms with Gasteiger partial charge in [0.2, 0.25) is 0 Å². The SMILES string of the molecule is COc1ccc(NC(=O)c2csc(CC(C)C)n2)cc1N.Cl.Cl. The number of thiazole rings is 1. The van der Waals surface area contributed by atoms with Crippen LogP contribution in [0.3, 0.4) is 0 Å². The molecule has 0 aliphatic rings. The van der Waals surface area contributed by atoms with Crippen LogP contribution >= 0.6 is 36.2 Å². The first-order chi connectivity index (χ1) is 9.99. The van der Waals surface area contributed by atoms with Gasteiger partial charge in [-0.3, -0.25) is 4.79 Å². The van der Waals surface area contributed by atoms with E-state index in [4.69, 9.17) is 10.5 Å². The van der Waals surface area contributed by atoms with Gasteiger partial charge in [-0.2, -0.15) is 0 Å². The Morgan fingerprint density at radius 2 is 2.09 bits per heavy atom. The number of ether oxygens (including phenoxy) is 1. The van der Waals surface area contributed by atoms with Crippen LogP contribution in [0.25, 0.3) is 0 Å². The van der Waals surface area contributed by atoms with E-state index in [-0.39, 0.29) is 30.7 Å². The van der Waals surface area contributed by atoms with Crippen molar-refractivity contribution in [1.29, 1.82) is 0 Å². The number of amides is 1. The zero-order valence-electron chi connectivity index (χ0n) is 13.2. The summed E-state index contributed by atoms with van der Waals surface area (Å²) in [4.78, 5) is 16.5. The molecule has 2 aromatic rings. The summed E-state index contributed by atoms with van der Waals surface area (Å²) in [5, 5.41) is 5.54. The van der Waals surface area contributed by atoms with Crippen molar-refractivity contribution in [1.82, 2.24) is 4.98 Å². The number of nitrogens with zero attached hydrogens (tertiary/aromatic N) is 1. The molecule has 1 amide bonds. The number of nitrogens with one attached hydrogen (secondary N) is 1. The molecule has 0 spiro atoms. The Balaban J connectivity index is 0.00000242. The average molecular weight is 378 g/mol. The molecule has 0 saturated heterocycles. The first-order valence-electron chi connectivity index (χ1n) is 6.69. The molecule has 0 aliphatic carbocycles. The highest BCUT2D eigenvalue weighted by Gasteiger charge is 2.12. The van der Waals surface area contributed by atoms with E-state index in [1.807, 2.05) is 0 Å². The van der Waals surface area contributed by atoms with Gasteiger partial charge in [-0.15, -0.1) is 36.2 Å². The smallest absolute Gasteiger partial charge is 0.275 e. The van der Waals surface area contributed by atoms with E-state index < -0.39 is 0 Å². The Labute approximate surface area is 152 Å². The number of nitrogens with two attached hydrogens (primary N) is 1. The molecule has 0 radical (unpaired) electrons. The Kier molecular flexibility index (Phi) is 8.97. The van der Waals surface area contributed by atoms with Crippen molar-refractivity contribution in [3.8, 4) is 5.75 Å². The number of hydrogen-bond donors (Lipinski definition) is 2. The second-order valence-electron chi connectivity index (χ2n) is 5.14. The fraction of sp³-hybridized carbons (Fsp3) is 0.333. The highest BCUT2D eigenvalue weighted by Crippen LogP contribution is 2.25. The van der Waals surface area contributed by atoms with E-state index in [0.717, 1.165) is 11.4 Å². The lowest BCUT2D eigenvalue weighted by Gasteiger charge is -2.07. The van der Waals surface area contributed by atoms with Gasteiger partial charge in [0.25, 0.3) is 5.91 Å². The van der Waals surface area contributed by atoms with Crippen molar-refractivity contribution in [3.63, 3.8) is 0 Å². The summed E-state index contributed by atoms with van der Waals surface area (Å²) in [6.07, 6.45) is 0.882. The van der Waals surface area contributed by atoms with Crippen LogP contribution in [0.4, 0.5) is 11.4 Å². The Morgan fingerprint density at radius 1 is 1.39 bits per heavy atom. The number of benzene rings is 1. The van der Waals surface area contributed by atoms with Gasteiger partial charge in [-0.1, -0.05) is 13.8 Å². The molecule has 1 aromatic heterocycles. The van der Waals surface area contributed by atoms with Crippen LogP contribution in [0.1, 0.15) is 29.3 Å². The molecule has 0 unspecified atom stereocenters. The maximum Gasteiger partial charge on any atom is 0.275 e. The van der Waals surface area contributed by atoms with E-state index in [2.05, 4.69) is 24.1 Å². The molecule has 2 rings (SSSR count). The predicted octanol–water partition coefficient (Wildman–Crippen LogP) is 4.03. The number of rotatable bonds is 5. The monoisotopic (exact) mass is 377 g/mol. The highest BCUT2D eigenvalue weighted by molar-refractivity contribution is 7.09. The normalized spacial score (nSPS) is 9.74.